The molecule has 0 radical (unpaired) electrons. The third-order valence-corrected chi connectivity index (χ3v) is 4.85. The van der Waals surface area contributed by atoms with Crippen molar-refractivity contribution < 1.29 is 9.15 Å². The first-order valence-electron chi connectivity index (χ1n) is 9.13. The average Bonchev–Trinajstić information content (AvgIpc) is 3.35. The van der Waals surface area contributed by atoms with E-state index >= 15 is 0 Å². The molecule has 2 aromatic rings. The average molecular weight is 337 g/mol. The van der Waals surface area contributed by atoms with Gasteiger partial charge < -0.3 is 9.15 Å². The van der Waals surface area contributed by atoms with Gasteiger partial charge >= 0.3 is 0 Å². The first-order valence-corrected chi connectivity index (χ1v) is 9.13. The Labute approximate surface area is 148 Å². The van der Waals surface area contributed by atoms with E-state index in [1.807, 2.05) is 30.3 Å². The molecule has 25 heavy (non-hydrogen) atoms. The SMILES string of the molecule is C(#Cc1ccccc1)CN1CCCC[C@@H]1c1nnc([C@H]2CCCO2)o1. The molecule has 0 saturated carbocycles. The molecular weight excluding hydrogens is 314 g/mol. The van der Waals surface area contributed by atoms with Crippen LogP contribution < -0.4 is 0 Å². The van der Waals surface area contributed by atoms with Crippen LogP contribution in [0.25, 0.3) is 0 Å². The molecule has 1 aromatic heterocycles. The monoisotopic (exact) mass is 337 g/mol. The fraction of sp³-hybridized carbons (Fsp3) is 0.500. The molecule has 130 valence electrons. The van der Waals surface area contributed by atoms with Crippen molar-refractivity contribution in [1.82, 2.24) is 15.1 Å². The number of likely N-dealkylation sites (tertiary alicyclic amines) is 1. The number of rotatable bonds is 3. The van der Waals surface area contributed by atoms with Gasteiger partial charge in [0.2, 0.25) is 11.8 Å². The van der Waals surface area contributed by atoms with E-state index in [4.69, 9.17) is 9.15 Å². The fourth-order valence-corrected chi connectivity index (χ4v) is 3.51. The van der Waals surface area contributed by atoms with Crippen molar-refractivity contribution in [2.24, 2.45) is 0 Å². The molecule has 4 rings (SSSR count). The third-order valence-electron chi connectivity index (χ3n) is 4.85. The summed E-state index contributed by atoms with van der Waals surface area (Å²) in [6.45, 7) is 2.52. The van der Waals surface area contributed by atoms with E-state index < -0.39 is 0 Å². The summed E-state index contributed by atoms with van der Waals surface area (Å²) in [5.41, 5.74) is 1.05. The molecule has 2 atom stereocenters. The molecule has 1 aromatic carbocycles. The summed E-state index contributed by atoms with van der Waals surface area (Å²) < 4.78 is 11.6. The Morgan fingerprint density at radius 2 is 1.92 bits per heavy atom. The van der Waals surface area contributed by atoms with Crippen molar-refractivity contribution in [3.8, 4) is 11.8 Å². The van der Waals surface area contributed by atoms with Gasteiger partial charge in [-0.15, -0.1) is 10.2 Å². The Kier molecular flexibility index (Phi) is 5.10. The van der Waals surface area contributed by atoms with E-state index in [9.17, 15) is 0 Å². The molecule has 0 bridgehead atoms. The first kappa shape index (κ1) is 16.3. The van der Waals surface area contributed by atoms with E-state index in [0.717, 1.165) is 44.5 Å². The maximum absolute atomic E-state index is 5.96. The largest absolute Gasteiger partial charge is 0.421 e. The third kappa shape index (κ3) is 3.92. The summed E-state index contributed by atoms with van der Waals surface area (Å²) >= 11 is 0. The molecule has 5 heteroatoms. The van der Waals surface area contributed by atoms with Crippen LogP contribution >= 0.6 is 0 Å². The van der Waals surface area contributed by atoms with Gasteiger partial charge in [0, 0.05) is 12.2 Å². The molecule has 2 aliphatic heterocycles. The van der Waals surface area contributed by atoms with Crippen LogP contribution in [0.4, 0.5) is 0 Å². The van der Waals surface area contributed by atoms with Gasteiger partial charge in [-0.2, -0.15) is 0 Å². The van der Waals surface area contributed by atoms with E-state index in [2.05, 4.69) is 26.9 Å². The number of hydrogen-bond acceptors (Lipinski definition) is 5. The second kappa shape index (κ2) is 7.81. The Morgan fingerprint density at radius 1 is 1.04 bits per heavy atom. The Morgan fingerprint density at radius 3 is 2.76 bits per heavy atom. The highest BCUT2D eigenvalue weighted by molar-refractivity contribution is 5.33. The van der Waals surface area contributed by atoms with Gasteiger partial charge in [-0.25, -0.2) is 0 Å². The van der Waals surface area contributed by atoms with Crippen molar-refractivity contribution in [2.75, 3.05) is 19.7 Å². The van der Waals surface area contributed by atoms with Crippen LogP contribution in [-0.2, 0) is 4.74 Å². The van der Waals surface area contributed by atoms with Crippen LogP contribution in [0.15, 0.2) is 34.7 Å². The van der Waals surface area contributed by atoms with Gasteiger partial charge in [0.1, 0.15) is 6.10 Å². The standard InChI is InChI=1S/C20H23N3O2/c1-2-8-16(9-3-1)10-6-14-23-13-5-4-11-17(23)19-21-22-20(25-19)18-12-7-15-24-18/h1-3,8-9,17-18H,4-5,7,11-15H2/t17-,18-/m1/s1. The van der Waals surface area contributed by atoms with Crippen LogP contribution in [0.2, 0.25) is 0 Å². The normalized spacial score (nSPS) is 24.0. The van der Waals surface area contributed by atoms with Gasteiger partial charge in [0.05, 0.1) is 12.6 Å². The van der Waals surface area contributed by atoms with Crippen LogP contribution in [0.3, 0.4) is 0 Å². The van der Waals surface area contributed by atoms with Gasteiger partial charge in [-0.1, -0.05) is 36.5 Å². The maximum Gasteiger partial charge on any atom is 0.245 e. The van der Waals surface area contributed by atoms with Gasteiger partial charge in [-0.3, -0.25) is 4.90 Å². The van der Waals surface area contributed by atoms with E-state index in [1.165, 1.54) is 12.8 Å². The Bertz CT molecular complexity index is 741. The topological polar surface area (TPSA) is 51.4 Å². The highest BCUT2D eigenvalue weighted by Crippen LogP contribution is 2.33. The molecule has 0 N–H and O–H groups in total. The molecule has 0 aliphatic carbocycles. The molecular formula is C20H23N3O2. The predicted octanol–water partition coefficient (Wildman–Crippen LogP) is 3.50. The number of hydrogen-bond donors (Lipinski definition) is 0. The zero-order chi connectivity index (χ0) is 16.9. The van der Waals surface area contributed by atoms with E-state index in [1.54, 1.807) is 0 Å². The number of nitrogens with zero attached hydrogens (tertiary/aromatic N) is 3. The minimum absolute atomic E-state index is 0.0174. The second-order valence-electron chi connectivity index (χ2n) is 6.63. The Hall–Kier alpha value is -2.16. The number of benzene rings is 1. The molecule has 2 fully saturated rings. The molecule has 3 heterocycles. The maximum atomic E-state index is 5.96. The zero-order valence-corrected chi connectivity index (χ0v) is 14.4. The summed E-state index contributed by atoms with van der Waals surface area (Å²) in [5.74, 6) is 7.88. The highest BCUT2D eigenvalue weighted by Gasteiger charge is 2.30. The first-order chi connectivity index (χ1) is 12.4. The van der Waals surface area contributed by atoms with Crippen molar-refractivity contribution >= 4 is 0 Å². The number of ether oxygens (including phenoxy) is 1. The van der Waals surface area contributed by atoms with Crippen molar-refractivity contribution in [3.63, 3.8) is 0 Å². The summed E-state index contributed by atoms with van der Waals surface area (Å²) in [5, 5.41) is 8.55. The summed E-state index contributed by atoms with van der Waals surface area (Å²) in [7, 11) is 0. The van der Waals surface area contributed by atoms with Crippen LogP contribution in [0.1, 0.15) is 61.6 Å². The number of piperidine rings is 1. The highest BCUT2D eigenvalue weighted by atomic mass is 16.5. The predicted molar refractivity (Wildman–Crippen MR) is 93.7 cm³/mol. The van der Waals surface area contributed by atoms with Gasteiger partial charge in [0.15, 0.2) is 0 Å². The van der Waals surface area contributed by atoms with Crippen LogP contribution in [0.5, 0.6) is 0 Å². The molecule has 2 saturated heterocycles. The smallest absolute Gasteiger partial charge is 0.245 e. The van der Waals surface area contributed by atoms with Crippen molar-refractivity contribution in [1.29, 1.82) is 0 Å². The molecule has 0 unspecified atom stereocenters. The van der Waals surface area contributed by atoms with E-state index in [-0.39, 0.29) is 12.1 Å². The lowest BCUT2D eigenvalue weighted by Crippen LogP contribution is -2.34. The van der Waals surface area contributed by atoms with Gasteiger partial charge in [-0.05, 0) is 44.4 Å². The van der Waals surface area contributed by atoms with Crippen LogP contribution in [0, 0.1) is 11.8 Å². The van der Waals surface area contributed by atoms with E-state index in [0.29, 0.717) is 11.8 Å². The second-order valence-corrected chi connectivity index (χ2v) is 6.63. The number of aromatic nitrogens is 2. The molecule has 0 amide bonds. The summed E-state index contributed by atoms with van der Waals surface area (Å²) in [6.07, 6.45) is 5.43. The van der Waals surface area contributed by atoms with Crippen molar-refractivity contribution in [2.45, 2.75) is 44.2 Å². The van der Waals surface area contributed by atoms with Crippen LogP contribution in [-0.4, -0.2) is 34.8 Å². The summed E-state index contributed by atoms with van der Waals surface area (Å²) in [6, 6.07) is 10.3. The van der Waals surface area contributed by atoms with Crippen molar-refractivity contribution in [3.05, 3.63) is 47.7 Å². The molecule has 0 spiro atoms. The minimum atomic E-state index is -0.0174. The minimum Gasteiger partial charge on any atom is -0.421 e. The Balaban J connectivity index is 1.45. The zero-order valence-electron chi connectivity index (χ0n) is 14.4. The summed E-state index contributed by atoms with van der Waals surface area (Å²) in [4.78, 5) is 2.35. The van der Waals surface area contributed by atoms with Gasteiger partial charge in [0.25, 0.3) is 0 Å². The quantitative estimate of drug-likeness (QED) is 0.802. The lowest BCUT2D eigenvalue weighted by atomic mass is 10.0. The lowest BCUT2D eigenvalue weighted by Gasteiger charge is -2.31. The lowest BCUT2D eigenvalue weighted by molar-refractivity contribution is 0.0825. The molecule has 2 aliphatic rings. The molecule has 5 nitrogen and oxygen atoms in total. The fourth-order valence-electron chi connectivity index (χ4n) is 3.51.